The number of hydrogen-bond acceptors (Lipinski definition) is 1. The van der Waals surface area contributed by atoms with Crippen molar-refractivity contribution in [1.82, 2.24) is 10.2 Å². The van der Waals surface area contributed by atoms with Gasteiger partial charge in [-0.05, 0) is 13.0 Å². The molecule has 0 aliphatic heterocycles. The van der Waals surface area contributed by atoms with Crippen LogP contribution in [0.4, 0.5) is 0 Å². The number of aromatic nitrogens is 2. The first-order chi connectivity index (χ1) is 4.84. The van der Waals surface area contributed by atoms with E-state index >= 15 is 0 Å². The summed E-state index contributed by atoms with van der Waals surface area (Å²) in [5, 5.41) is 8.54. The third kappa shape index (κ3) is 1.35. The van der Waals surface area contributed by atoms with Crippen LogP contribution in [0.3, 0.4) is 0 Å². The van der Waals surface area contributed by atoms with Gasteiger partial charge in [-0.15, -0.1) is 0 Å². The quantitative estimate of drug-likeness (QED) is 0.583. The van der Waals surface area contributed by atoms with Gasteiger partial charge >= 0.3 is 0 Å². The summed E-state index contributed by atoms with van der Waals surface area (Å²) < 4.78 is 0. The molecule has 0 bridgehead atoms. The van der Waals surface area contributed by atoms with Gasteiger partial charge in [-0.25, -0.2) is 0 Å². The number of nitrogens with zero attached hydrogens (tertiary/aromatic N) is 1. The Labute approximate surface area is 59.6 Å². The van der Waals surface area contributed by atoms with E-state index in [1.807, 2.05) is 25.2 Å². The predicted octanol–water partition coefficient (Wildman–Crippen LogP) is 0.177. The summed E-state index contributed by atoms with van der Waals surface area (Å²) in [4.78, 5) is 0. The molecule has 2 heteroatoms. The molecule has 10 heavy (non-hydrogen) atoms. The Bertz CT molecular complexity index is 319. The van der Waals surface area contributed by atoms with E-state index in [1.54, 1.807) is 6.20 Å². The first-order valence-electron chi connectivity index (χ1n) is 3.16. The van der Waals surface area contributed by atoms with Gasteiger partial charge in [0.05, 0.1) is 11.5 Å². The van der Waals surface area contributed by atoms with E-state index in [4.69, 9.17) is 0 Å². The largest absolute Gasteiger partial charge is 0.278 e. The van der Waals surface area contributed by atoms with E-state index in [9.17, 15) is 0 Å². The maximum Gasteiger partial charge on any atom is 0.0644 e. The molecule has 1 aromatic heterocycles. The molecule has 0 spiro atoms. The highest BCUT2D eigenvalue weighted by molar-refractivity contribution is 5.34. The molecular weight excluding hydrogens is 124 g/mol. The van der Waals surface area contributed by atoms with Crippen molar-refractivity contribution in [2.75, 3.05) is 0 Å². The van der Waals surface area contributed by atoms with Crippen molar-refractivity contribution in [3.05, 3.63) is 28.9 Å². The van der Waals surface area contributed by atoms with E-state index in [2.05, 4.69) is 16.8 Å². The SMILES string of the molecule is C=c1cn[nH]/c1=C/C=C\C. The van der Waals surface area contributed by atoms with Crippen molar-refractivity contribution in [2.24, 2.45) is 0 Å². The lowest BCUT2D eigenvalue weighted by molar-refractivity contribution is 1.06. The summed E-state index contributed by atoms with van der Waals surface area (Å²) in [5.41, 5.74) is 0. The second kappa shape index (κ2) is 3.01. The summed E-state index contributed by atoms with van der Waals surface area (Å²) in [6, 6.07) is 0. The molecule has 1 aromatic rings. The smallest absolute Gasteiger partial charge is 0.0644 e. The third-order valence-corrected chi connectivity index (χ3v) is 1.21. The minimum absolute atomic E-state index is 0.929. The van der Waals surface area contributed by atoms with Crippen LogP contribution in [0.15, 0.2) is 18.3 Å². The Hall–Kier alpha value is -1.31. The molecule has 0 amide bonds. The number of allylic oxidation sites excluding steroid dienone is 2. The minimum Gasteiger partial charge on any atom is -0.278 e. The molecule has 0 atom stereocenters. The van der Waals surface area contributed by atoms with E-state index in [0.717, 1.165) is 10.6 Å². The predicted molar refractivity (Wildman–Crippen MR) is 42.6 cm³/mol. The molecule has 0 fully saturated rings. The Morgan fingerprint density at radius 1 is 1.70 bits per heavy atom. The second-order valence-corrected chi connectivity index (χ2v) is 2.00. The topological polar surface area (TPSA) is 28.7 Å². The fraction of sp³-hybridized carbons (Fsp3) is 0.125. The van der Waals surface area contributed by atoms with Crippen LogP contribution in [-0.4, -0.2) is 10.2 Å². The summed E-state index contributed by atoms with van der Waals surface area (Å²) in [7, 11) is 0. The highest BCUT2D eigenvalue weighted by Gasteiger charge is 1.78. The maximum absolute atomic E-state index is 3.82. The van der Waals surface area contributed by atoms with Gasteiger partial charge in [0.1, 0.15) is 0 Å². The molecule has 52 valence electrons. The Balaban J connectivity index is 3.16. The Morgan fingerprint density at radius 3 is 3.00 bits per heavy atom. The van der Waals surface area contributed by atoms with Crippen molar-refractivity contribution in [2.45, 2.75) is 6.92 Å². The average molecular weight is 134 g/mol. The van der Waals surface area contributed by atoms with Crippen molar-refractivity contribution in [3.63, 3.8) is 0 Å². The minimum atomic E-state index is 0.929. The van der Waals surface area contributed by atoms with E-state index in [0.29, 0.717) is 0 Å². The van der Waals surface area contributed by atoms with Crippen LogP contribution in [0.5, 0.6) is 0 Å². The van der Waals surface area contributed by atoms with Crippen molar-refractivity contribution in [3.8, 4) is 0 Å². The van der Waals surface area contributed by atoms with Crippen LogP contribution >= 0.6 is 0 Å². The maximum atomic E-state index is 3.82. The molecule has 1 rings (SSSR count). The van der Waals surface area contributed by atoms with Crippen molar-refractivity contribution < 1.29 is 0 Å². The highest BCUT2D eigenvalue weighted by Crippen LogP contribution is 1.67. The lowest BCUT2D eigenvalue weighted by atomic mass is 10.4. The Kier molecular flexibility index (Phi) is 2.05. The summed E-state index contributed by atoms with van der Waals surface area (Å²) in [6.45, 7) is 5.74. The summed E-state index contributed by atoms with van der Waals surface area (Å²) >= 11 is 0. The fourth-order valence-electron chi connectivity index (χ4n) is 0.658. The summed E-state index contributed by atoms with van der Waals surface area (Å²) in [6.07, 6.45) is 7.55. The van der Waals surface area contributed by atoms with E-state index < -0.39 is 0 Å². The van der Waals surface area contributed by atoms with Gasteiger partial charge < -0.3 is 0 Å². The molecule has 0 aromatic carbocycles. The van der Waals surface area contributed by atoms with Gasteiger partial charge in [0.15, 0.2) is 0 Å². The van der Waals surface area contributed by atoms with Gasteiger partial charge in [0.2, 0.25) is 0 Å². The van der Waals surface area contributed by atoms with Crippen LogP contribution in [0.25, 0.3) is 12.7 Å². The van der Waals surface area contributed by atoms with E-state index in [-0.39, 0.29) is 0 Å². The fourth-order valence-corrected chi connectivity index (χ4v) is 0.658. The molecule has 0 unspecified atom stereocenters. The van der Waals surface area contributed by atoms with Gasteiger partial charge in [0, 0.05) is 5.22 Å². The zero-order chi connectivity index (χ0) is 7.40. The van der Waals surface area contributed by atoms with Crippen LogP contribution in [0, 0.1) is 0 Å². The molecule has 1 N–H and O–H groups in total. The molecule has 0 aliphatic carbocycles. The molecule has 1 heterocycles. The van der Waals surface area contributed by atoms with Gasteiger partial charge in [-0.1, -0.05) is 18.7 Å². The first kappa shape index (κ1) is 6.81. The molecule has 0 radical (unpaired) electrons. The monoisotopic (exact) mass is 134 g/mol. The van der Waals surface area contributed by atoms with Gasteiger partial charge in [0.25, 0.3) is 0 Å². The van der Waals surface area contributed by atoms with Crippen molar-refractivity contribution in [1.29, 1.82) is 0 Å². The van der Waals surface area contributed by atoms with Crippen molar-refractivity contribution >= 4 is 12.7 Å². The summed E-state index contributed by atoms with van der Waals surface area (Å²) in [5.74, 6) is 0. The lowest BCUT2D eigenvalue weighted by Crippen LogP contribution is -2.19. The third-order valence-electron chi connectivity index (χ3n) is 1.21. The number of hydrogen-bond donors (Lipinski definition) is 1. The van der Waals surface area contributed by atoms with Gasteiger partial charge in [-0.3, -0.25) is 5.10 Å². The number of H-pyrrole nitrogens is 1. The standard InChI is InChI=1S/C8H10N2/c1-3-4-5-8-7(2)6-9-10-8/h3-6,10H,2H2,1H3/b4-3-,8-5+. The highest BCUT2D eigenvalue weighted by atomic mass is 15.1. The second-order valence-electron chi connectivity index (χ2n) is 2.00. The Morgan fingerprint density at radius 2 is 2.50 bits per heavy atom. The number of rotatable bonds is 1. The molecule has 2 nitrogen and oxygen atoms in total. The zero-order valence-electron chi connectivity index (χ0n) is 5.96. The first-order valence-corrected chi connectivity index (χ1v) is 3.16. The molecular formula is C8H10N2. The van der Waals surface area contributed by atoms with Crippen LogP contribution in [0.1, 0.15) is 6.92 Å². The molecule has 0 saturated carbocycles. The number of nitrogens with one attached hydrogen (secondary N) is 1. The van der Waals surface area contributed by atoms with E-state index in [1.165, 1.54) is 0 Å². The van der Waals surface area contributed by atoms with Crippen LogP contribution in [0.2, 0.25) is 0 Å². The van der Waals surface area contributed by atoms with Gasteiger partial charge in [-0.2, -0.15) is 5.10 Å². The molecule has 0 saturated heterocycles. The van der Waals surface area contributed by atoms with Crippen LogP contribution < -0.4 is 10.6 Å². The zero-order valence-corrected chi connectivity index (χ0v) is 5.96. The average Bonchev–Trinajstić information content (AvgIpc) is 2.31. The molecule has 0 aliphatic rings. The lowest BCUT2D eigenvalue weighted by Gasteiger charge is -1.71. The number of aromatic amines is 1. The normalized spacial score (nSPS) is 13.1. The van der Waals surface area contributed by atoms with Crippen LogP contribution in [-0.2, 0) is 0 Å².